The molecular weight excluding hydrogens is 208 g/mol. The van der Waals surface area contributed by atoms with Gasteiger partial charge in [0.1, 0.15) is 5.82 Å². The fraction of sp³-hybridized carbons (Fsp3) is 0.600. The van der Waals surface area contributed by atoms with Crippen molar-refractivity contribution < 1.29 is 0 Å². The Morgan fingerprint density at radius 2 is 2.40 bits per heavy atom. The van der Waals surface area contributed by atoms with Gasteiger partial charge in [0.05, 0.1) is 5.69 Å². The normalized spacial score (nSPS) is 15.3. The van der Waals surface area contributed by atoms with Crippen molar-refractivity contribution >= 4 is 23.1 Å². The number of aromatic nitrogens is 2. The maximum Gasteiger partial charge on any atom is 0.193 e. The van der Waals surface area contributed by atoms with Crippen molar-refractivity contribution in [3.05, 3.63) is 11.3 Å². The molecule has 0 bridgehead atoms. The van der Waals surface area contributed by atoms with Crippen LogP contribution in [0.4, 0.5) is 5.82 Å². The van der Waals surface area contributed by atoms with Crippen molar-refractivity contribution in [3.8, 4) is 0 Å². The molecule has 15 heavy (non-hydrogen) atoms. The van der Waals surface area contributed by atoms with E-state index in [0.717, 1.165) is 30.9 Å². The number of nitrogens with one attached hydrogen (secondary N) is 1. The number of thiocarbonyl (C=S) groups is 1. The summed E-state index contributed by atoms with van der Waals surface area (Å²) < 4.78 is 1.66. The smallest absolute Gasteiger partial charge is 0.193 e. The molecule has 0 unspecified atom stereocenters. The maximum absolute atomic E-state index is 5.65. The second kappa shape index (κ2) is 4.18. The predicted octanol–water partition coefficient (Wildman–Crippen LogP) is 1.29. The highest BCUT2D eigenvalue weighted by Crippen LogP contribution is 2.25. The van der Waals surface area contributed by atoms with Crippen LogP contribution in [-0.4, -0.2) is 21.4 Å². The van der Waals surface area contributed by atoms with E-state index in [0.29, 0.717) is 5.11 Å². The van der Waals surface area contributed by atoms with Crippen LogP contribution in [0, 0.1) is 0 Å². The first kappa shape index (κ1) is 10.4. The number of hydrogen-bond donors (Lipinski definition) is 2. The van der Waals surface area contributed by atoms with Crippen molar-refractivity contribution in [1.82, 2.24) is 9.78 Å². The second-order valence-corrected chi connectivity index (χ2v) is 4.18. The van der Waals surface area contributed by atoms with Gasteiger partial charge in [0, 0.05) is 12.1 Å². The molecule has 0 amide bonds. The van der Waals surface area contributed by atoms with Gasteiger partial charge in [-0.15, -0.1) is 0 Å². The van der Waals surface area contributed by atoms with Gasteiger partial charge in [-0.05, 0) is 37.9 Å². The minimum absolute atomic E-state index is 0.320. The van der Waals surface area contributed by atoms with Crippen molar-refractivity contribution in [2.45, 2.75) is 32.6 Å². The molecule has 1 aliphatic heterocycles. The number of aryl methyl sites for hydroxylation is 1. The standard InChI is InChI=1S/C10H16N4S/c1-2-8-7-5-3-4-6-12-9(7)14(13-8)10(11)15/h12H,2-6H2,1H3,(H2,11,15). The van der Waals surface area contributed by atoms with Gasteiger partial charge in [0.25, 0.3) is 0 Å². The van der Waals surface area contributed by atoms with E-state index < -0.39 is 0 Å². The van der Waals surface area contributed by atoms with Gasteiger partial charge in [-0.25, -0.2) is 0 Å². The van der Waals surface area contributed by atoms with E-state index in [1.54, 1.807) is 4.68 Å². The Balaban J connectivity index is 2.49. The van der Waals surface area contributed by atoms with Crippen LogP contribution in [0.15, 0.2) is 0 Å². The molecular formula is C10H16N4S. The Morgan fingerprint density at radius 1 is 1.60 bits per heavy atom. The molecule has 2 heterocycles. The summed E-state index contributed by atoms with van der Waals surface area (Å²) in [6.07, 6.45) is 4.40. The summed E-state index contributed by atoms with van der Waals surface area (Å²) in [5, 5.41) is 8.12. The zero-order valence-corrected chi connectivity index (χ0v) is 9.73. The first-order valence-electron chi connectivity index (χ1n) is 5.38. The number of anilines is 1. The molecule has 82 valence electrons. The van der Waals surface area contributed by atoms with E-state index >= 15 is 0 Å². The highest BCUT2D eigenvalue weighted by atomic mass is 32.1. The molecule has 1 aromatic rings. The van der Waals surface area contributed by atoms with Gasteiger partial charge in [0.15, 0.2) is 5.11 Å². The SMILES string of the molecule is CCc1nn(C(N)=S)c2c1CCCCN2. The summed E-state index contributed by atoms with van der Waals surface area (Å²) in [5.41, 5.74) is 8.06. The van der Waals surface area contributed by atoms with Crippen LogP contribution in [0.3, 0.4) is 0 Å². The molecule has 1 aliphatic rings. The molecule has 0 aromatic carbocycles. The first-order valence-corrected chi connectivity index (χ1v) is 5.79. The van der Waals surface area contributed by atoms with Gasteiger partial charge in [0.2, 0.25) is 0 Å². The summed E-state index contributed by atoms with van der Waals surface area (Å²) in [7, 11) is 0. The molecule has 1 aromatic heterocycles. The molecule has 4 nitrogen and oxygen atoms in total. The van der Waals surface area contributed by atoms with Crippen LogP contribution in [0.2, 0.25) is 0 Å². The average molecular weight is 224 g/mol. The van der Waals surface area contributed by atoms with Crippen LogP contribution >= 0.6 is 12.2 Å². The van der Waals surface area contributed by atoms with Gasteiger partial charge in [-0.1, -0.05) is 6.92 Å². The van der Waals surface area contributed by atoms with Crippen molar-refractivity contribution in [2.75, 3.05) is 11.9 Å². The highest BCUT2D eigenvalue weighted by Gasteiger charge is 2.19. The van der Waals surface area contributed by atoms with Gasteiger partial charge < -0.3 is 11.1 Å². The first-order chi connectivity index (χ1) is 7.24. The van der Waals surface area contributed by atoms with Crippen LogP contribution < -0.4 is 11.1 Å². The molecule has 3 N–H and O–H groups in total. The fourth-order valence-corrected chi connectivity index (χ4v) is 2.15. The third kappa shape index (κ3) is 1.84. The molecule has 0 saturated heterocycles. The molecule has 0 saturated carbocycles. The lowest BCUT2D eigenvalue weighted by Crippen LogP contribution is -2.23. The lowest BCUT2D eigenvalue weighted by Gasteiger charge is -2.06. The number of nitrogens with two attached hydrogens (primary N) is 1. The topological polar surface area (TPSA) is 55.9 Å². The minimum Gasteiger partial charge on any atom is -0.374 e. The lowest BCUT2D eigenvalue weighted by molar-refractivity contribution is 0.769. The number of fused-ring (bicyclic) bond motifs is 1. The Hall–Kier alpha value is -1.10. The molecule has 0 fully saturated rings. The quantitative estimate of drug-likeness (QED) is 0.706. The largest absolute Gasteiger partial charge is 0.374 e. The maximum atomic E-state index is 5.65. The fourth-order valence-electron chi connectivity index (χ4n) is 2.02. The summed E-state index contributed by atoms with van der Waals surface area (Å²) in [4.78, 5) is 0. The molecule has 0 spiro atoms. The monoisotopic (exact) mass is 224 g/mol. The molecule has 0 atom stereocenters. The van der Waals surface area contributed by atoms with Gasteiger partial charge in [-0.2, -0.15) is 9.78 Å². The van der Waals surface area contributed by atoms with E-state index in [2.05, 4.69) is 17.3 Å². The Labute approximate surface area is 94.8 Å². The lowest BCUT2D eigenvalue weighted by atomic mass is 10.1. The summed E-state index contributed by atoms with van der Waals surface area (Å²) in [6, 6.07) is 0. The van der Waals surface area contributed by atoms with Crippen molar-refractivity contribution in [1.29, 1.82) is 0 Å². The van der Waals surface area contributed by atoms with Crippen molar-refractivity contribution in [3.63, 3.8) is 0 Å². The zero-order valence-electron chi connectivity index (χ0n) is 8.92. The Kier molecular flexibility index (Phi) is 2.90. The highest BCUT2D eigenvalue weighted by molar-refractivity contribution is 7.80. The second-order valence-electron chi connectivity index (χ2n) is 3.76. The molecule has 0 radical (unpaired) electrons. The van der Waals surface area contributed by atoms with E-state index in [9.17, 15) is 0 Å². The third-order valence-electron chi connectivity index (χ3n) is 2.76. The van der Waals surface area contributed by atoms with Crippen molar-refractivity contribution in [2.24, 2.45) is 5.73 Å². The Morgan fingerprint density at radius 3 is 3.07 bits per heavy atom. The zero-order chi connectivity index (χ0) is 10.8. The van der Waals surface area contributed by atoms with Crippen LogP contribution in [0.1, 0.15) is 31.0 Å². The number of nitrogens with zero attached hydrogens (tertiary/aromatic N) is 2. The summed E-state index contributed by atoms with van der Waals surface area (Å²) >= 11 is 4.99. The molecule has 5 heteroatoms. The van der Waals surface area contributed by atoms with E-state index in [1.807, 2.05) is 0 Å². The minimum atomic E-state index is 0.320. The predicted molar refractivity (Wildman–Crippen MR) is 65.2 cm³/mol. The van der Waals surface area contributed by atoms with E-state index in [-0.39, 0.29) is 0 Å². The van der Waals surface area contributed by atoms with Gasteiger partial charge in [-0.3, -0.25) is 0 Å². The van der Waals surface area contributed by atoms with Crippen LogP contribution in [0.5, 0.6) is 0 Å². The molecule has 2 rings (SSSR count). The Bertz CT molecular complexity index is 383. The van der Waals surface area contributed by atoms with E-state index in [1.165, 1.54) is 18.4 Å². The third-order valence-corrected chi connectivity index (χ3v) is 2.93. The number of hydrogen-bond acceptors (Lipinski definition) is 3. The molecule has 0 aliphatic carbocycles. The average Bonchev–Trinajstić information content (AvgIpc) is 2.41. The van der Waals surface area contributed by atoms with Crippen LogP contribution in [0.25, 0.3) is 0 Å². The summed E-state index contributed by atoms with van der Waals surface area (Å²) in [5.74, 6) is 1.01. The van der Waals surface area contributed by atoms with Gasteiger partial charge >= 0.3 is 0 Å². The number of rotatable bonds is 1. The van der Waals surface area contributed by atoms with E-state index in [4.69, 9.17) is 18.0 Å². The van der Waals surface area contributed by atoms with Crippen LogP contribution in [-0.2, 0) is 12.8 Å². The summed E-state index contributed by atoms with van der Waals surface area (Å²) in [6.45, 7) is 3.09.